The molecule has 0 aliphatic heterocycles. The van der Waals surface area contributed by atoms with Crippen LogP contribution >= 0.6 is 0 Å². The Hall–Kier alpha value is -1.59. The molecule has 6 nitrogen and oxygen atoms in total. The normalized spacial score (nSPS) is 11.8. The Bertz CT molecular complexity index is 828. The van der Waals surface area contributed by atoms with Gasteiger partial charge in [0.25, 0.3) is 0 Å². The molecule has 56 heavy (non-hydrogen) atoms. The van der Waals surface area contributed by atoms with Gasteiger partial charge in [-0.15, -0.1) is 0 Å². The number of carbonyl (C=O) groups is 3. The number of ether oxygens (including phenoxy) is 3. The molecular formula is C50H96O6. The van der Waals surface area contributed by atoms with Crippen LogP contribution in [0.25, 0.3) is 0 Å². The van der Waals surface area contributed by atoms with Gasteiger partial charge in [0.1, 0.15) is 13.2 Å². The molecule has 0 bridgehead atoms. The standard InChI is InChI=1S/C50H96O6/c1-4-7-10-13-16-19-21-22-23-24-25-26-27-29-32-34-37-40-43-49(52)55-46-47(56-50(53)44-41-38-35-30-18-15-12-9-6-3)45-54-48(51)42-39-36-33-31-28-20-17-14-11-8-5-2/h47H,4-46H2,1-3H3/t47-/m0/s1. The van der Waals surface area contributed by atoms with Gasteiger partial charge in [0, 0.05) is 19.3 Å². The first kappa shape index (κ1) is 54.4. The second-order valence-electron chi connectivity index (χ2n) is 17.1. The lowest BCUT2D eigenvalue weighted by Gasteiger charge is -2.18. The molecule has 0 amide bonds. The van der Waals surface area contributed by atoms with Gasteiger partial charge in [0.15, 0.2) is 6.10 Å². The molecule has 0 aromatic carbocycles. The first-order chi connectivity index (χ1) is 27.5. The molecule has 0 rings (SSSR count). The predicted molar refractivity (Wildman–Crippen MR) is 238 cm³/mol. The largest absolute Gasteiger partial charge is 0.462 e. The minimum atomic E-state index is -0.758. The number of rotatable bonds is 46. The molecule has 0 heterocycles. The van der Waals surface area contributed by atoms with Crippen molar-refractivity contribution < 1.29 is 28.6 Å². The van der Waals surface area contributed by atoms with Crippen LogP contribution in [0.15, 0.2) is 0 Å². The zero-order valence-corrected chi connectivity index (χ0v) is 37.9. The van der Waals surface area contributed by atoms with E-state index in [1.54, 1.807) is 0 Å². The van der Waals surface area contributed by atoms with E-state index >= 15 is 0 Å². The van der Waals surface area contributed by atoms with Gasteiger partial charge in [-0.3, -0.25) is 14.4 Å². The summed E-state index contributed by atoms with van der Waals surface area (Å²) in [5.41, 5.74) is 0. The number of carbonyl (C=O) groups excluding carboxylic acids is 3. The second-order valence-corrected chi connectivity index (χ2v) is 17.1. The molecule has 0 saturated heterocycles. The quantitative estimate of drug-likeness (QED) is 0.0347. The maximum absolute atomic E-state index is 12.7. The molecule has 0 fully saturated rings. The number of esters is 3. The SMILES string of the molecule is CCCCCCCCCCCCCCCCCCCCC(=O)OC[C@H](COC(=O)CCCCCCCCCCCCC)OC(=O)CCCCCCCCCCC. The number of hydrogen-bond donors (Lipinski definition) is 0. The predicted octanol–water partition coefficient (Wildman–Crippen LogP) is 16.0. The summed E-state index contributed by atoms with van der Waals surface area (Å²) in [6.07, 6.45) is 48.0. The highest BCUT2D eigenvalue weighted by Gasteiger charge is 2.19. The number of hydrogen-bond acceptors (Lipinski definition) is 6. The van der Waals surface area contributed by atoms with Crippen LogP contribution in [0, 0.1) is 0 Å². The van der Waals surface area contributed by atoms with Crippen LogP contribution in [-0.2, 0) is 28.6 Å². The molecule has 332 valence electrons. The van der Waals surface area contributed by atoms with Gasteiger partial charge in [-0.05, 0) is 19.3 Å². The van der Waals surface area contributed by atoms with E-state index in [0.29, 0.717) is 19.3 Å². The van der Waals surface area contributed by atoms with Crippen molar-refractivity contribution >= 4 is 17.9 Å². The molecule has 0 aliphatic carbocycles. The third kappa shape index (κ3) is 43.5. The van der Waals surface area contributed by atoms with Crippen molar-refractivity contribution in [3.63, 3.8) is 0 Å². The summed E-state index contributed by atoms with van der Waals surface area (Å²) in [5.74, 6) is -0.848. The molecule has 0 unspecified atom stereocenters. The Labute approximate surface area is 348 Å². The third-order valence-corrected chi connectivity index (χ3v) is 11.4. The lowest BCUT2D eigenvalue weighted by Crippen LogP contribution is -2.30. The third-order valence-electron chi connectivity index (χ3n) is 11.4. The molecular weight excluding hydrogens is 697 g/mol. The lowest BCUT2D eigenvalue weighted by atomic mass is 10.0. The van der Waals surface area contributed by atoms with Gasteiger partial charge in [0.2, 0.25) is 0 Å². The fourth-order valence-corrected chi connectivity index (χ4v) is 7.56. The number of unbranched alkanes of at least 4 members (excludes halogenated alkanes) is 35. The monoisotopic (exact) mass is 793 g/mol. The summed E-state index contributed by atoms with van der Waals surface area (Å²) in [6, 6.07) is 0. The molecule has 0 aliphatic rings. The molecule has 0 aromatic heterocycles. The summed E-state index contributed by atoms with van der Waals surface area (Å²) in [5, 5.41) is 0. The minimum absolute atomic E-state index is 0.0624. The van der Waals surface area contributed by atoms with E-state index in [1.165, 1.54) is 186 Å². The van der Waals surface area contributed by atoms with Crippen molar-refractivity contribution in [2.75, 3.05) is 13.2 Å². The van der Waals surface area contributed by atoms with Crippen LogP contribution in [0.5, 0.6) is 0 Å². The molecule has 0 spiro atoms. The molecule has 6 heteroatoms. The Morgan fingerprint density at radius 3 is 0.714 bits per heavy atom. The minimum Gasteiger partial charge on any atom is -0.462 e. The maximum Gasteiger partial charge on any atom is 0.306 e. The van der Waals surface area contributed by atoms with E-state index in [4.69, 9.17) is 14.2 Å². The maximum atomic E-state index is 12.7. The van der Waals surface area contributed by atoms with Gasteiger partial charge in [-0.2, -0.15) is 0 Å². The van der Waals surface area contributed by atoms with Crippen molar-refractivity contribution in [3.8, 4) is 0 Å². The highest BCUT2D eigenvalue weighted by molar-refractivity contribution is 5.71. The molecule has 0 radical (unpaired) electrons. The van der Waals surface area contributed by atoms with Crippen LogP contribution in [0.4, 0.5) is 0 Å². The molecule has 0 saturated carbocycles. The Kier molecular flexibility index (Phi) is 44.8. The Morgan fingerprint density at radius 1 is 0.286 bits per heavy atom. The van der Waals surface area contributed by atoms with Crippen LogP contribution in [0.1, 0.15) is 284 Å². The van der Waals surface area contributed by atoms with E-state index in [0.717, 1.165) is 57.8 Å². The van der Waals surface area contributed by atoms with Crippen molar-refractivity contribution in [1.29, 1.82) is 0 Å². The van der Waals surface area contributed by atoms with E-state index in [1.807, 2.05) is 0 Å². The molecule has 1 atom stereocenters. The molecule has 0 N–H and O–H groups in total. The zero-order valence-electron chi connectivity index (χ0n) is 37.9. The van der Waals surface area contributed by atoms with E-state index < -0.39 is 6.10 Å². The van der Waals surface area contributed by atoms with Crippen molar-refractivity contribution in [3.05, 3.63) is 0 Å². The highest BCUT2D eigenvalue weighted by atomic mass is 16.6. The second kappa shape index (κ2) is 46.1. The van der Waals surface area contributed by atoms with Gasteiger partial charge < -0.3 is 14.2 Å². The topological polar surface area (TPSA) is 78.9 Å². The van der Waals surface area contributed by atoms with Gasteiger partial charge in [-0.25, -0.2) is 0 Å². The van der Waals surface area contributed by atoms with Gasteiger partial charge in [0.05, 0.1) is 0 Å². The van der Waals surface area contributed by atoms with Crippen molar-refractivity contribution in [1.82, 2.24) is 0 Å². The van der Waals surface area contributed by atoms with Crippen LogP contribution in [0.3, 0.4) is 0 Å². The van der Waals surface area contributed by atoms with Crippen LogP contribution in [-0.4, -0.2) is 37.2 Å². The average Bonchev–Trinajstić information content (AvgIpc) is 3.19. The highest BCUT2D eigenvalue weighted by Crippen LogP contribution is 2.16. The van der Waals surface area contributed by atoms with Gasteiger partial charge in [-0.1, -0.05) is 245 Å². The van der Waals surface area contributed by atoms with Crippen LogP contribution in [0.2, 0.25) is 0 Å². The molecule has 0 aromatic rings. The summed E-state index contributed by atoms with van der Waals surface area (Å²) in [7, 11) is 0. The summed E-state index contributed by atoms with van der Waals surface area (Å²) < 4.78 is 16.7. The van der Waals surface area contributed by atoms with Crippen molar-refractivity contribution in [2.24, 2.45) is 0 Å². The first-order valence-electron chi connectivity index (χ1n) is 25.0. The summed E-state index contributed by atoms with van der Waals surface area (Å²) >= 11 is 0. The Balaban J connectivity index is 4.20. The zero-order chi connectivity index (χ0) is 40.8. The lowest BCUT2D eigenvalue weighted by molar-refractivity contribution is -0.167. The van der Waals surface area contributed by atoms with Gasteiger partial charge >= 0.3 is 17.9 Å². The van der Waals surface area contributed by atoms with E-state index in [2.05, 4.69) is 20.8 Å². The van der Waals surface area contributed by atoms with Crippen molar-refractivity contribution in [2.45, 2.75) is 290 Å². The Morgan fingerprint density at radius 2 is 0.482 bits per heavy atom. The van der Waals surface area contributed by atoms with E-state index in [9.17, 15) is 14.4 Å². The fourth-order valence-electron chi connectivity index (χ4n) is 7.56. The first-order valence-corrected chi connectivity index (χ1v) is 25.0. The smallest absolute Gasteiger partial charge is 0.306 e. The van der Waals surface area contributed by atoms with Crippen LogP contribution < -0.4 is 0 Å². The average molecular weight is 793 g/mol. The summed E-state index contributed by atoms with van der Waals surface area (Å²) in [4.78, 5) is 37.7. The van der Waals surface area contributed by atoms with E-state index in [-0.39, 0.29) is 31.1 Å². The summed E-state index contributed by atoms with van der Waals surface area (Å²) in [6.45, 7) is 6.65. The fraction of sp³-hybridized carbons (Fsp3) is 0.940.